The molecule has 0 nitrogen and oxygen atoms in total. The fraction of sp³-hybridized carbons (Fsp3) is 0.250. The third-order valence-corrected chi connectivity index (χ3v) is 2.94. The number of rotatable bonds is 3. The Kier molecular flexibility index (Phi) is 3.93. The summed E-state index contributed by atoms with van der Waals surface area (Å²) in [5, 5.41) is 0. The third-order valence-electron chi connectivity index (χ3n) is 2.94. The van der Waals surface area contributed by atoms with Crippen molar-refractivity contribution in [1.82, 2.24) is 0 Å². The Labute approximate surface area is 110 Å². The van der Waals surface area contributed by atoms with E-state index in [0.29, 0.717) is 0 Å². The summed E-state index contributed by atoms with van der Waals surface area (Å²) >= 11 is 0. The molecule has 0 saturated carbocycles. The average molecular weight is 263 g/mol. The summed E-state index contributed by atoms with van der Waals surface area (Å²) in [5.74, 6) is 0. The highest BCUT2D eigenvalue weighted by Gasteiger charge is 2.29. The van der Waals surface area contributed by atoms with E-state index in [1.165, 1.54) is 12.1 Å². The molecule has 0 amide bonds. The second-order valence-electron chi connectivity index (χ2n) is 4.43. The molecule has 2 aromatic rings. The molecule has 0 spiro atoms. The number of halogens is 3. The van der Waals surface area contributed by atoms with Gasteiger partial charge in [-0.15, -0.1) is 0 Å². The third kappa shape index (κ3) is 3.37. The Balaban J connectivity index is 2.22. The van der Waals surface area contributed by atoms with Gasteiger partial charge in [0.15, 0.2) is 0 Å². The van der Waals surface area contributed by atoms with Crippen LogP contribution in [0.5, 0.6) is 0 Å². The molecule has 0 saturated heterocycles. The van der Waals surface area contributed by atoms with Gasteiger partial charge >= 0.3 is 6.18 Å². The van der Waals surface area contributed by atoms with Crippen molar-refractivity contribution in [2.24, 2.45) is 0 Å². The van der Waals surface area contributed by atoms with Crippen LogP contribution in [0.1, 0.15) is 24.5 Å². The SMILES string of the molecule is CCCc1[c]cc(-c2ccc(C(F)(F)F)cc2)cc1. The minimum absolute atomic E-state index is 0.622. The first-order valence-electron chi connectivity index (χ1n) is 6.19. The van der Waals surface area contributed by atoms with Crippen LogP contribution < -0.4 is 0 Å². The molecule has 0 heterocycles. The van der Waals surface area contributed by atoms with Gasteiger partial charge in [0.25, 0.3) is 0 Å². The van der Waals surface area contributed by atoms with E-state index < -0.39 is 11.7 Å². The van der Waals surface area contributed by atoms with Crippen molar-refractivity contribution in [2.45, 2.75) is 25.9 Å². The molecular weight excluding hydrogens is 249 g/mol. The van der Waals surface area contributed by atoms with E-state index in [9.17, 15) is 13.2 Å². The lowest BCUT2D eigenvalue weighted by Crippen LogP contribution is -2.03. The number of aryl methyl sites for hydroxylation is 1. The van der Waals surface area contributed by atoms with Crippen molar-refractivity contribution < 1.29 is 13.2 Å². The molecule has 0 aromatic heterocycles. The maximum absolute atomic E-state index is 12.5. The van der Waals surface area contributed by atoms with E-state index >= 15 is 0 Å². The zero-order chi connectivity index (χ0) is 13.9. The summed E-state index contributed by atoms with van der Waals surface area (Å²) < 4.78 is 37.4. The van der Waals surface area contributed by atoms with Crippen LogP contribution in [-0.2, 0) is 12.6 Å². The summed E-state index contributed by atoms with van der Waals surface area (Å²) in [5.41, 5.74) is 2.15. The van der Waals surface area contributed by atoms with Crippen LogP contribution in [0.4, 0.5) is 13.2 Å². The van der Waals surface area contributed by atoms with E-state index in [4.69, 9.17) is 0 Å². The molecule has 19 heavy (non-hydrogen) atoms. The first-order chi connectivity index (χ1) is 9.00. The van der Waals surface area contributed by atoms with Crippen molar-refractivity contribution in [2.75, 3.05) is 0 Å². The van der Waals surface area contributed by atoms with Gasteiger partial charge in [0.05, 0.1) is 5.56 Å². The van der Waals surface area contributed by atoms with Gasteiger partial charge in [0.2, 0.25) is 0 Å². The fourth-order valence-corrected chi connectivity index (χ4v) is 1.91. The quantitative estimate of drug-likeness (QED) is 0.720. The summed E-state index contributed by atoms with van der Waals surface area (Å²) in [6.45, 7) is 2.09. The van der Waals surface area contributed by atoms with Gasteiger partial charge in [-0.25, -0.2) is 0 Å². The maximum Gasteiger partial charge on any atom is 0.416 e. The highest BCUT2D eigenvalue weighted by Crippen LogP contribution is 2.30. The maximum atomic E-state index is 12.5. The molecule has 0 N–H and O–H groups in total. The molecule has 0 aliphatic heterocycles. The van der Waals surface area contributed by atoms with Crippen LogP contribution in [0.3, 0.4) is 0 Å². The standard InChI is InChI=1S/C16H14F3/c1-2-3-12-4-6-13(7-5-12)14-8-10-15(11-9-14)16(17,18)19/h4,6-11H,2-3H2,1H3. The average Bonchev–Trinajstić information content (AvgIpc) is 2.39. The lowest BCUT2D eigenvalue weighted by molar-refractivity contribution is -0.137. The lowest BCUT2D eigenvalue weighted by Gasteiger charge is -2.08. The lowest BCUT2D eigenvalue weighted by atomic mass is 10.0. The minimum atomic E-state index is -4.28. The summed E-state index contributed by atoms with van der Waals surface area (Å²) in [7, 11) is 0. The van der Waals surface area contributed by atoms with E-state index in [1.807, 2.05) is 18.2 Å². The van der Waals surface area contributed by atoms with Gasteiger partial charge in [0, 0.05) is 0 Å². The zero-order valence-electron chi connectivity index (χ0n) is 10.6. The molecule has 99 valence electrons. The molecule has 0 fully saturated rings. The second kappa shape index (κ2) is 5.47. The van der Waals surface area contributed by atoms with Crippen LogP contribution >= 0.6 is 0 Å². The van der Waals surface area contributed by atoms with Crippen molar-refractivity contribution in [1.29, 1.82) is 0 Å². The summed E-state index contributed by atoms with van der Waals surface area (Å²) in [4.78, 5) is 0. The molecule has 1 radical (unpaired) electrons. The monoisotopic (exact) mass is 263 g/mol. The van der Waals surface area contributed by atoms with E-state index in [1.54, 1.807) is 0 Å². The zero-order valence-corrected chi connectivity index (χ0v) is 10.6. The highest BCUT2D eigenvalue weighted by atomic mass is 19.4. The predicted octanol–water partition coefficient (Wildman–Crippen LogP) is 5.13. The summed E-state index contributed by atoms with van der Waals surface area (Å²) in [6, 6.07) is 14.1. The Morgan fingerprint density at radius 3 is 2.05 bits per heavy atom. The van der Waals surface area contributed by atoms with Crippen molar-refractivity contribution in [3.05, 3.63) is 59.7 Å². The van der Waals surface area contributed by atoms with Gasteiger partial charge in [-0.2, -0.15) is 13.2 Å². The minimum Gasteiger partial charge on any atom is -0.166 e. The Morgan fingerprint density at radius 1 is 0.947 bits per heavy atom. The Hall–Kier alpha value is -1.77. The Bertz CT molecular complexity index is 521. The molecule has 0 aliphatic carbocycles. The molecule has 0 atom stereocenters. The van der Waals surface area contributed by atoms with E-state index in [2.05, 4.69) is 13.0 Å². The molecule has 0 aliphatic rings. The summed E-state index contributed by atoms with van der Waals surface area (Å²) in [6.07, 6.45) is -2.26. The first kappa shape index (κ1) is 13.7. The highest BCUT2D eigenvalue weighted by molar-refractivity contribution is 5.63. The molecule has 2 aromatic carbocycles. The van der Waals surface area contributed by atoms with Crippen LogP contribution in [0.25, 0.3) is 11.1 Å². The van der Waals surface area contributed by atoms with Gasteiger partial charge in [-0.1, -0.05) is 37.6 Å². The molecule has 3 heteroatoms. The fourth-order valence-electron chi connectivity index (χ4n) is 1.91. The predicted molar refractivity (Wildman–Crippen MR) is 69.7 cm³/mol. The number of hydrogen-bond acceptors (Lipinski definition) is 0. The first-order valence-corrected chi connectivity index (χ1v) is 6.19. The topological polar surface area (TPSA) is 0 Å². The van der Waals surface area contributed by atoms with Gasteiger partial charge in [-0.3, -0.25) is 0 Å². The molecule has 2 rings (SSSR count). The smallest absolute Gasteiger partial charge is 0.166 e. The van der Waals surface area contributed by atoms with Gasteiger partial charge < -0.3 is 0 Å². The van der Waals surface area contributed by atoms with E-state index in [-0.39, 0.29) is 0 Å². The van der Waals surface area contributed by atoms with Crippen LogP contribution in [-0.4, -0.2) is 0 Å². The molecule has 0 unspecified atom stereocenters. The van der Waals surface area contributed by atoms with Crippen molar-refractivity contribution in [3.63, 3.8) is 0 Å². The molecule has 0 bridgehead atoms. The largest absolute Gasteiger partial charge is 0.416 e. The normalized spacial score (nSPS) is 11.6. The van der Waals surface area contributed by atoms with Crippen molar-refractivity contribution >= 4 is 0 Å². The van der Waals surface area contributed by atoms with E-state index in [0.717, 1.165) is 41.7 Å². The van der Waals surface area contributed by atoms with Crippen LogP contribution in [0.2, 0.25) is 0 Å². The van der Waals surface area contributed by atoms with Gasteiger partial charge in [-0.05, 0) is 47.4 Å². The second-order valence-corrected chi connectivity index (χ2v) is 4.43. The number of hydrogen-bond donors (Lipinski definition) is 0. The molecular formula is C16H14F3. The van der Waals surface area contributed by atoms with Crippen LogP contribution in [0.15, 0.2) is 42.5 Å². The van der Waals surface area contributed by atoms with Crippen molar-refractivity contribution in [3.8, 4) is 11.1 Å². The van der Waals surface area contributed by atoms with Gasteiger partial charge in [0.1, 0.15) is 0 Å². The number of alkyl halides is 3. The Morgan fingerprint density at radius 2 is 1.58 bits per heavy atom. The number of benzene rings is 2. The van der Waals surface area contributed by atoms with Crippen LogP contribution in [0, 0.1) is 6.07 Å².